The molecular weight excluding hydrogens is 352 g/mol. The average molecular weight is 383 g/mol. The van der Waals surface area contributed by atoms with Gasteiger partial charge < -0.3 is 21.1 Å². The Morgan fingerprint density at radius 3 is 2.29 bits per heavy atom. The molecule has 150 valence electrons. The highest BCUT2D eigenvalue weighted by Gasteiger charge is 2.11. The van der Waals surface area contributed by atoms with Crippen molar-refractivity contribution in [3.05, 3.63) is 65.7 Å². The first-order valence-electron chi connectivity index (χ1n) is 9.53. The van der Waals surface area contributed by atoms with Crippen molar-refractivity contribution in [1.29, 1.82) is 0 Å². The van der Waals surface area contributed by atoms with Crippen molar-refractivity contribution in [3.63, 3.8) is 0 Å². The number of nitrogens with one attached hydrogen (secondary N) is 3. The number of carbonyl (C=O) groups excluding carboxylic acids is 1. The molecule has 2 aromatic carbocycles. The largest absolute Gasteiger partial charge is 0.396 e. The molecule has 0 spiro atoms. The molecule has 0 saturated heterocycles. The van der Waals surface area contributed by atoms with E-state index < -0.39 is 0 Å². The van der Waals surface area contributed by atoms with Gasteiger partial charge in [0.2, 0.25) is 5.91 Å². The third-order valence-electron chi connectivity index (χ3n) is 4.44. The number of anilines is 1. The van der Waals surface area contributed by atoms with Crippen molar-refractivity contribution in [2.45, 2.75) is 26.3 Å². The summed E-state index contributed by atoms with van der Waals surface area (Å²) in [7, 11) is 1.72. The number of nitrogens with zero attached hydrogens (tertiary/aromatic N) is 1. The van der Waals surface area contributed by atoms with Gasteiger partial charge in [-0.05, 0) is 23.3 Å². The van der Waals surface area contributed by atoms with Gasteiger partial charge in [-0.2, -0.15) is 0 Å². The molecule has 0 fully saturated rings. The lowest BCUT2D eigenvalue weighted by molar-refractivity contribution is -0.118. The number of rotatable bonds is 8. The molecule has 1 unspecified atom stereocenters. The average Bonchev–Trinajstić information content (AvgIpc) is 2.72. The van der Waals surface area contributed by atoms with E-state index in [1.54, 1.807) is 7.05 Å². The highest BCUT2D eigenvalue weighted by Crippen LogP contribution is 2.14. The second-order valence-corrected chi connectivity index (χ2v) is 6.94. The number of hydrogen-bond acceptors (Lipinski definition) is 3. The molecule has 0 aliphatic rings. The summed E-state index contributed by atoms with van der Waals surface area (Å²) in [6.45, 7) is 4.99. The molecule has 0 aliphatic carbocycles. The van der Waals surface area contributed by atoms with Crippen LogP contribution in [-0.2, 0) is 11.3 Å². The van der Waals surface area contributed by atoms with Crippen LogP contribution in [0.15, 0.2) is 59.6 Å². The maximum Gasteiger partial charge on any atom is 0.226 e. The number of benzene rings is 2. The van der Waals surface area contributed by atoms with Crippen LogP contribution >= 0.6 is 0 Å². The maximum atomic E-state index is 11.7. The van der Waals surface area contributed by atoms with E-state index in [4.69, 9.17) is 0 Å². The zero-order valence-electron chi connectivity index (χ0n) is 16.8. The first-order chi connectivity index (χ1) is 13.5. The first kappa shape index (κ1) is 21.4. The fourth-order valence-electron chi connectivity index (χ4n) is 2.63. The second-order valence-electron chi connectivity index (χ2n) is 6.94. The van der Waals surface area contributed by atoms with Gasteiger partial charge in [0.05, 0.1) is 6.61 Å². The molecule has 0 radical (unpaired) electrons. The molecule has 2 aromatic rings. The van der Waals surface area contributed by atoms with Crippen molar-refractivity contribution in [1.82, 2.24) is 10.6 Å². The molecule has 0 aliphatic heterocycles. The number of hydrogen-bond donors (Lipinski definition) is 4. The van der Waals surface area contributed by atoms with Crippen LogP contribution < -0.4 is 16.0 Å². The summed E-state index contributed by atoms with van der Waals surface area (Å²) in [6, 6.07) is 17.7. The van der Waals surface area contributed by atoms with Gasteiger partial charge in [0, 0.05) is 37.7 Å². The predicted octanol–water partition coefficient (Wildman–Crippen LogP) is 2.72. The van der Waals surface area contributed by atoms with Crippen LogP contribution in [-0.4, -0.2) is 37.2 Å². The molecular formula is C22H30N4O2. The Balaban J connectivity index is 1.84. The summed E-state index contributed by atoms with van der Waals surface area (Å²) in [5, 5.41) is 19.1. The highest BCUT2D eigenvalue weighted by atomic mass is 16.3. The van der Waals surface area contributed by atoms with Crippen molar-refractivity contribution in [2.24, 2.45) is 10.9 Å². The van der Waals surface area contributed by atoms with Crippen molar-refractivity contribution >= 4 is 17.6 Å². The van der Waals surface area contributed by atoms with E-state index in [1.807, 2.05) is 68.4 Å². The van der Waals surface area contributed by atoms with Crippen molar-refractivity contribution in [3.8, 4) is 0 Å². The highest BCUT2D eigenvalue weighted by molar-refractivity contribution is 5.92. The molecule has 1 amide bonds. The Morgan fingerprint density at radius 1 is 1.04 bits per heavy atom. The molecule has 2 rings (SSSR count). The summed E-state index contributed by atoms with van der Waals surface area (Å²) in [5.41, 5.74) is 2.96. The number of amides is 1. The van der Waals surface area contributed by atoms with E-state index in [9.17, 15) is 9.90 Å². The molecule has 0 heterocycles. The fourth-order valence-corrected chi connectivity index (χ4v) is 2.63. The molecule has 4 N–H and O–H groups in total. The van der Waals surface area contributed by atoms with Crippen LogP contribution in [0.4, 0.5) is 5.69 Å². The van der Waals surface area contributed by atoms with Gasteiger partial charge in [-0.1, -0.05) is 56.3 Å². The van der Waals surface area contributed by atoms with Gasteiger partial charge in [0.25, 0.3) is 0 Å². The van der Waals surface area contributed by atoms with Gasteiger partial charge in [-0.3, -0.25) is 9.79 Å². The summed E-state index contributed by atoms with van der Waals surface area (Å²) >= 11 is 0. The third-order valence-corrected chi connectivity index (χ3v) is 4.44. The van der Waals surface area contributed by atoms with Gasteiger partial charge in [0.15, 0.2) is 5.96 Å². The van der Waals surface area contributed by atoms with Gasteiger partial charge in [0.1, 0.15) is 0 Å². The maximum absolute atomic E-state index is 11.7. The summed E-state index contributed by atoms with van der Waals surface area (Å²) in [5.74, 6) is 0.636. The Bertz CT molecular complexity index is 758. The topological polar surface area (TPSA) is 85.8 Å². The Hall–Kier alpha value is -2.86. The monoisotopic (exact) mass is 382 g/mol. The van der Waals surface area contributed by atoms with Crippen LogP contribution in [0.2, 0.25) is 0 Å². The van der Waals surface area contributed by atoms with E-state index >= 15 is 0 Å². The Labute approximate surface area is 167 Å². The second kappa shape index (κ2) is 11.1. The van der Waals surface area contributed by atoms with Crippen molar-refractivity contribution in [2.75, 3.05) is 25.5 Å². The van der Waals surface area contributed by atoms with E-state index in [-0.39, 0.29) is 24.3 Å². The Morgan fingerprint density at radius 2 is 1.71 bits per heavy atom. The molecule has 28 heavy (non-hydrogen) atoms. The minimum atomic E-state index is -0.0469. The first-order valence-corrected chi connectivity index (χ1v) is 9.53. The number of aliphatic hydroxyl groups is 1. The number of carbonyl (C=O) groups is 1. The number of aliphatic hydroxyl groups excluding tert-OH is 1. The number of aliphatic imine (C=N–C) groups is 1. The van der Waals surface area contributed by atoms with E-state index in [1.165, 1.54) is 0 Å². The quantitative estimate of drug-likeness (QED) is 0.418. The molecule has 6 nitrogen and oxygen atoms in total. The minimum Gasteiger partial charge on any atom is -0.396 e. The predicted molar refractivity (Wildman–Crippen MR) is 114 cm³/mol. The van der Waals surface area contributed by atoms with Gasteiger partial charge in [-0.15, -0.1) is 0 Å². The van der Waals surface area contributed by atoms with Crippen molar-refractivity contribution < 1.29 is 9.90 Å². The summed E-state index contributed by atoms with van der Waals surface area (Å²) < 4.78 is 0. The van der Waals surface area contributed by atoms with E-state index in [2.05, 4.69) is 20.9 Å². The van der Waals surface area contributed by atoms with Gasteiger partial charge in [-0.25, -0.2) is 0 Å². The third kappa shape index (κ3) is 6.70. The SMILES string of the molecule is CN=C(NCc1ccc(NC(=O)C(C)C)cc1)NCC(CO)c1ccccc1. The zero-order valence-corrected chi connectivity index (χ0v) is 16.8. The van der Waals surface area contributed by atoms with Crippen LogP contribution in [0, 0.1) is 5.92 Å². The molecule has 1 atom stereocenters. The Kier molecular flexibility index (Phi) is 8.49. The number of guanidine groups is 1. The summed E-state index contributed by atoms with van der Waals surface area (Å²) in [6.07, 6.45) is 0. The fraction of sp³-hybridized carbons (Fsp3) is 0.364. The lowest BCUT2D eigenvalue weighted by Crippen LogP contribution is -2.39. The lowest BCUT2D eigenvalue weighted by atomic mass is 10.0. The molecule has 0 bridgehead atoms. The van der Waals surface area contributed by atoms with Crippen LogP contribution in [0.1, 0.15) is 30.9 Å². The summed E-state index contributed by atoms with van der Waals surface area (Å²) in [4.78, 5) is 16.0. The van der Waals surface area contributed by atoms with Crippen LogP contribution in [0.3, 0.4) is 0 Å². The standard InChI is InChI=1S/C22H30N4O2/c1-16(2)21(28)26-20-11-9-17(10-12-20)13-24-22(23-3)25-14-19(15-27)18-7-5-4-6-8-18/h4-12,16,19,27H,13-15H2,1-3H3,(H,26,28)(H2,23,24,25). The molecule has 6 heteroatoms. The van der Waals surface area contributed by atoms with E-state index in [0.29, 0.717) is 19.0 Å². The minimum absolute atomic E-state index is 0.00334. The zero-order chi connectivity index (χ0) is 20.4. The van der Waals surface area contributed by atoms with Gasteiger partial charge >= 0.3 is 0 Å². The van der Waals surface area contributed by atoms with E-state index in [0.717, 1.165) is 16.8 Å². The normalized spacial score (nSPS) is 12.5. The molecule has 0 aromatic heterocycles. The van der Waals surface area contributed by atoms with Crippen LogP contribution in [0.5, 0.6) is 0 Å². The lowest BCUT2D eigenvalue weighted by Gasteiger charge is -2.18. The van der Waals surface area contributed by atoms with Crippen LogP contribution in [0.25, 0.3) is 0 Å². The smallest absolute Gasteiger partial charge is 0.226 e. The molecule has 0 saturated carbocycles.